The average Bonchev–Trinajstić information content (AvgIpc) is 3.01. The molecule has 1 heterocycles. The van der Waals surface area contributed by atoms with Crippen LogP contribution in [0.3, 0.4) is 0 Å². The van der Waals surface area contributed by atoms with Crippen LogP contribution < -0.4 is 10.1 Å². The Morgan fingerprint density at radius 3 is 2.71 bits per heavy atom. The third kappa shape index (κ3) is 4.13. The van der Waals surface area contributed by atoms with Crippen LogP contribution in [0.5, 0.6) is 5.75 Å². The Hall–Kier alpha value is -2.83. The number of ether oxygens (including phenoxy) is 2. The number of nitrogens with one attached hydrogen (secondary N) is 1. The largest absolute Gasteiger partial charge is 0.496 e. The van der Waals surface area contributed by atoms with E-state index < -0.39 is 11.9 Å². The number of carbonyl (C=O) groups excluding carboxylic acids is 2. The fourth-order valence-corrected chi connectivity index (χ4v) is 2.17. The van der Waals surface area contributed by atoms with Crippen molar-refractivity contribution in [1.29, 1.82) is 0 Å². The maximum atomic E-state index is 12.0. The molecule has 0 unspecified atom stereocenters. The van der Waals surface area contributed by atoms with E-state index in [1.165, 1.54) is 7.11 Å². The predicted molar refractivity (Wildman–Crippen MR) is 89.3 cm³/mol. The quantitative estimate of drug-likeness (QED) is 0.823. The van der Waals surface area contributed by atoms with Crippen LogP contribution in [0, 0.1) is 6.92 Å². The van der Waals surface area contributed by atoms with Crippen LogP contribution in [-0.4, -0.2) is 35.4 Å². The van der Waals surface area contributed by atoms with E-state index >= 15 is 0 Å². The first-order valence-electron chi connectivity index (χ1n) is 7.57. The molecular weight excluding hydrogens is 310 g/mol. The van der Waals surface area contributed by atoms with E-state index in [1.807, 2.05) is 20.8 Å². The smallest absolute Gasteiger partial charge is 0.338 e. The number of aryl methyl sites for hydroxylation is 1. The van der Waals surface area contributed by atoms with Crippen molar-refractivity contribution in [2.75, 3.05) is 19.0 Å². The molecule has 0 aliphatic heterocycles. The lowest BCUT2D eigenvalue weighted by Crippen LogP contribution is -2.23. The lowest BCUT2D eigenvalue weighted by molar-refractivity contribution is -0.119. The molecule has 24 heavy (non-hydrogen) atoms. The second kappa shape index (κ2) is 7.63. The second-order valence-corrected chi connectivity index (χ2v) is 5.56. The summed E-state index contributed by atoms with van der Waals surface area (Å²) in [6.45, 7) is 5.40. The molecule has 1 aromatic carbocycles. The number of nitrogens with zero attached hydrogens (tertiary/aromatic N) is 2. The van der Waals surface area contributed by atoms with Gasteiger partial charge in [-0.25, -0.2) is 9.48 Å². The second-order valence-electron chi connectivity index (χ2n) is 5.56. The monoisotopic (exact) mass is 331 g/mol. The first-order valence-corrected chi connectivity index (χ1v) is 7.57. The highest BCUT2D eigenvalue weighted by atomic mass is 16.5. The van der Waals surface area contributed by atoms with Gasteiger partial charge < -0.3 is 14.8 Å². The molecule has 0 saturated carbocycles. The molecule has 0 saturated heterocycles. The minimum Gasteiger partial charge on any atom is -0.496 e. The Morgan fingerprint density at radius 1 is 1.29 bits per heavy atom. The first kappa shape index (κ1) is 17.5. The third-order valence-electron chi connectivity index (χ3n) is 3.41. The molecule has 1 aromatic heterocycles. The van der Waals surface area contributed by atoms with Gasteiger partial charge in [-0.15, -0.1) is 0 Å². The molecule has 0 bridgehead atoms. The van der Waals surface area contributed by atoms with Gasteiger partial charge in [0.15, 0.2) is 6.61 Å². The highest BCUT2D eigenvalue weighted by Crippen LogP contribution is 2.19. The third-order valence-corrected chi connectivity index (χ3v) is 3.41. The molecule has 2 rings (SSSR count). The topological polar surface area (TPSA) is 82.4 Å². The number of anilines is 1. The van der Waals surface area contributed by atoms with E-state index in [2.05, 4.69) is 10.4 Å². The first-order chi connectivity index (χ1) is 11.4. The summed E-state index contributed by atoms with van der Waals surface area (Å²) in [5, 5.41) is 6.79. The molecule has 1 N–H and O–H groups in total. The number of hydrogen-bond acceptors (Lipinski definition) is 5. The van der Waals surface area contributed by atoms with Gasteiger partial charge in [0.1, 0.15) is 11.6 Å². The molecule has 7 heteroatoms. The Balaban J connectivity index is 1.94. The molecular formula is C17H21N3O4. The van der Waals surface area contributed by atoms with Gasteiger partial charge in [-0.1, -0.05) is 6.07 Å². The van der Waals surface area contributed by atoms with Gasteiger partial charge in [0.2, 0.25) is 0 Å². The summed E-state index contributed by atoms with van der Waals surface area (Å²) in [6.07, 6.45) is 1.60. The number of hydrogen-bond donors (Lipinski definition) is 1. The maximum Gasteiger partial charge on any atom is 0.338 e. The summed E-state index contributed by atoms with van der Waals surface area (Å²) in [7, 11) is 1.53. The van der Waals surface area contributed by atoms with Crippen LogP contribution in [0.15, 0.2) is 30.5 Å². The summed E-state index contributed by atoms with van der Waals surface area (Å²) in [5.41, 5.74) is 1.24. The van der Waals surface area contributed by atoms with Crippen LogP contribution in [0.4, 0.5) is 5.82 Å². The van der Waals surface area contributed by atoms with Crippen molar-refractivity contribution in [3.8, 4) is 5.75 Å². The number of carbonyl (C=O) groups is 2. The fraction of sp³-hybridized carbons (Fsp3) is 0.353. The molecule has 0 fully saturated rings. The van der Waals surface area contributed by atoms with Gasteiger partial charge in [-0.3, -0.25) is 4.79 Å². The van der Waals surface area contributed by atoms with Gasteiger partial charge in [0.25, 0.3) is 5.91 Å². The number of esters is 1. The number of benzene rings is 1. The van der Waals surface area contributed by atoms with E-state index in [-0.39, 0.29) is 12.6 Å². The average molecular weight is 331 g/mol. The van der Waals surface area contributed by atoms with Crippen molar-refractivity contribution in [3.05, 3.63) is 41.6 Å². The highest BCUT2D eigenvalue weighted by molar-refractivity contribution is 5.95. The zero-order valence-electron chi connectivity index (χ0n) is 14.2. The molecule has 0 aliphatic carbocycles. The minimum absolute atomic E-state index is 0.109. The molecule has 0 radical (unpaired) electrons. The number of methoxy groups -OCH3 is 1. The van der Waals surface area contributed by atoms with E-state index in [4.69, 9.17) is 9.47 Å². The zero-order chi connectivity index (χ0) is 17.7. The van der Waals surface area contributed by atoms with Crippen molar-refractivity contribution in [2.45, 2.75) is 26.8 Å². The number of amides is 1. The summed E-state index contributed by atoms with van der Waals surface area (Å²) in [4.78, 5) is 24.0. The normalized spacial score (nSPS) is 10.5. The van der Waals surface area contributed by atoms with E-state index in [0.29, 0.717) is 17.1 Å². The Bertz CT molecular complexity index is 737. The summed E-state index contributed by atoms with van der Waals surface area (Å²) >= 11 is 0. The van der Waals surface area contributed by atoms with Crippen molar-refractivity contribution >= 4 is 17.7 Å². The van der Waals surface area contributed by atoms with Gasteiger partial charge in [0.05, 0.1) is 18.9 Å². The van der Waals surface area contributed by atoms with E-state index in [1.54, 1.807) is 35.1 Å². The van der Waals surface area contributed by atoms with Crippen LogP contribution in [0.2, 0.25) is 0 Å². The van der Waals surface area contributed by atoms with E-state index in [9.17, 15) is 9.59 Å². The molecule has 1 amide bonds. The standard InChI is InChI=1S/C17H21N3O4/c1-11(2)20-15(7-8-18-20)19-16(21)10-24-17(22)13-6-5-12(3)14(9-13)23-4/h5-9,11H,10H2,1-4H3,(H,19,21). The molecule has 0 spiro atoms. The van der Waals surface area contributed by atoms with Crippen molar-refractivity contribution in [3.63, 3.8) is 0 Å². The highest BCUT2D eigenvalue weighted by Gasteiger charge is 2.14. The lowest BCUT2D eigenvalue weighted by Gasteiger charge is -2.12. The van der Waals surface area contributed by atoms with E-state index in [0.717, 1.165) is 5.56 Å². The minimum atomic E-state index is -0.583. The molecule has 2 aromatic rings. The maximum absolute atomic E-state index is 12.0. The molecule has 7 nitrogen and oxygen atoms in total. The summed E-state index contributed by atoms with van der Waals surface area (Å²) in [6, 6.07) is 6.77. The SMILES string of the molecule is COc1cc(C(=O)OCC(=O)Nc2ccnn2C(C)C)ccc1C. The van der Waals surface area contributed by atoms with Crippen molar-refractivity contribution in [1.82, 2.24) is 9.78 Å². The van der Waals surface area contributed by atoms with Gasteiger partial charge in [-0.2, -0.15) is 5.10 Å². The zero-order valence-corrected chi connectivity index (χ0v) is 14.2. The van der Waals surface area contributed by atoms with Gasteiger partial charge >= 0.3 is 5.97 Å². The van der Waals surface area contributed by atoms with Crippen LogP contribution >= 0.6 is 0 Å². The van der Waals surface area contributed by atoms with Crippen LogP contribution in [0.1, 0.15) is 35.8 Å². The fourth-order valence-electron chi connectivity index (χ4n) is 2.17. The van der Waals surface area contributed by atoms with Crippen molar-refractivity contribution in [2.24, 2.45) is 0 Å². The Morgan fingerprint density at radius 2 is 2.04 bits per heavy atom. The summed E-state index contributed by atoms with van der Waals surface area (Å²) < 4.78 is 11.9. The predicted octanol–water partition coefficient (Wildman–Crippen LogP) is 2.58. The molecule has 0 aliphatic rings. The molecule has 128 valence electrons. The number of aromatic nitrogens is 2. The number of rotatable bonds is 6. The Labute approximate surface area is 140 Å². The summed E-state index contributed by atoms with van der Waals surface area (Å²) in [5.74, 6) is 0.142. The van der Waals surface area contributed by atoms with Crippen molar-refractivity contribution < 1.29 is 19.1 Å². The van der Waals surface area contributed by atoms with Crippen LogP contribution in [0.25, 0.3) is 0 Å². The van der Waals surface area contributed by atoms with Crippen LogP contribution in [-0.2, 0) is 9.53 Å². The Kier molecular flexibility index (Phi) is 5.57. The lowest BCUT2D eigenvalue weighted by atomic mass is 10.1. The van der Waals surface area contributed by atoms with Gasteiger partial charge in [-0.05, 0) is 38.5 Å². The molecule has 0 atom stereocenters. The van der Waals surface area contributed by atoms with Gasteiger partial charge in [0, 0.05) is 12.1 Å².